The first-order chi connectivity index (χ1) is 4.33. The molecule has 0 spiro atoms. The van der Waals surface area contributed by atoms with Gasteiger partial charge in [0.25, 0.3) is 0 Å². The van der Waals surface area contributed by atoms with E-state index in [-0.39, 0.29) is 0 Å². The van der Waals surface area contributed by atoms with Crippen LogP contribution in [0.25, 0.3) is 0 Å². The van der Waals surface area contributed by atoms with Gasteiger partial charge >= 0.3 is 0 Å². The lowest BCUT2D eigenvalue weighted by atomic mass is 10.4. The van der Waals surface area contributed by atoms with E-state index >= 15 is 0 Å². The molecule has 2 nitrogen and oxygen atoms in total. The predicted octanol–water partition coefficient (Wildman–Crippen LogP) is 0.857. The smallest absolute Gasteiger partial charge is 0.145 e. The molecule has 0 amide bonds. The van der Waals surface area contributed by atoms with Crippen LogP contribution < -0.4 is 5.73 Å². The maximum atomic E-state index is 7.32. The van der Waals surface area contributed by atoms with Crippen molar-refractivity contribution in [3.8, 4) is 0 Å². The molecule has 1 aliphatic rings. The lowest BCUT2D eigenvalue weighted by Gasteiger charge is -2.30. The number of hydrogen-bond donors (Lipinski definition) is 0. The van der Waals surface area contributed by atoms with Crippen LogP contribution in [-0.2, 0) is 0 Å². The predicted molar refractivity (Wildman–Crippen MR) is 37.7 cm³/mol. The Labute approximate surface area is 57.2 Å². The fourth-order valence-electron chi connectivity index (χ4n) is 1.59. The van der Waals surface area contributed by atoms with Crippen molar-refractivity contribution >= 4 is 0 Å². The molecule has 0 aliphatic carbocycles. The van der Waals surface area contributed by atoms with Crippen molar-refractivity contribution in [3.63, 3.8) is 0 Å². The summed E-state index contributed by atoms with van der Waals surface area (Å²) >= 11 is 0. The van der Waals surface area contributed by atoms with E-state index < -0.39 is 0 Å². The van der Waals surface area contributed by atoms with Gasteiger partial charge in [0.2, 0.25) is 0 Å². The molecule has 53 valence electrons. The number of nitrogens with zero attached hydrogens (tertiary/aromatic N) is 1. The molecule has 0 aromatic heterocycles. The maximum Gasteiger partial charge on any atom is 0.145 e. The van der Waals surface area contributed by atoms with Gasteiger partial charge in [-0.2, -0.15) is 0 Å². The van der Waals surface area contributed by atoms with Crippen molar-refractivity contribution in [3.05, 3.63) is 0 Å². The molecule has 1 N–H and O–H groups in total. The molecule has 0 bridgehead atoms. The quantitative estimate of drug-likeness (QED) is 0.492. The third-order valence-corrected chi connectivity index (χ3v) is 2.52. The Hall–Kier alpha value is -0.0800. The van der Waals surface area contributed by atoms with Gasteiger partial charge in [0.15, 0.2) is 0 Å². The molecule has 1 heterocycles. The maximum absolute atomic E-state index is 7.32. The molecule has 0 unspecified atom stereocenters. The third-order valence-electron chi connectivity index (χ3n) is 2.52. The van der Waals surface area contributed by atoms with Gasteiger partial charge < -0.3 is 4.48 Å². The first-order valence-corrected chi connectivity index (χ1v) is 3.83. The van der Waals surface area contributed by atoms with E-state index in [0.717, 1.165) is 11.0 Å². The summed E-state index contributed by atoms with van der Waals surface area (Å²) in [6.45, 7) is 6.44. The number of hydrogen-bond acceptors (Lipinski definition) is 0. The Bertz CT molecular complexity index is 78.9. The molecule has 0 atom stereocenters. The van der Waals surface area contributed by atoms with Gasteiger partial charge in [0.1, 0.15) is 6.67 Å². The van der Waals surface area contributed by atoms with E-state index in [4.69, 9.17) is 5.73 Å². The van der Waals surface area contributed by atoms with Crippen molar-refractivity contribution in [1.82, 2.24) is 5.73 Å². The minimum absolute atomic E-state index is 0.594. The van der Waals surface area contributed by atoms with Gasteiger partial charge in [-0.15, -0.1) is 0 Å². The van der Waals surface area contributed by atoms with E-state index in [9.17, 15) is 0 Å². The summed E-state index contributed by atoms with van der Waals surface area (Å²) in [6, 6.07) is 0. The molecule has 2 heteroatoms. The topological polar surface area (TPSA) is 23.8 Å². The molecular weight excluding hydrogens is 112 g/mol. The fraction of sp³-hybridized carbons (Fsp3) is 1.00. The van der Waals surface area contributed by atoms with Crippen molar-refractivity contribution < 1.29 is 4.48 Å². The molecular formula is C7H16N2+. The summed E-state index contributed by atoms with van der Waals surface area (Å²) in [5, 5.41) is 0. The average Bonchev–Trinajstić information content (AvgIpc) is 2.36. The zero-order valence-electron chi connectivity index (χ0n) is 6.19. The highest BCUT2D eigenvalue weighted by atomic mass is 15.4. The highest BCUT2D eigenvalue weighted by Crippen LogP contribution is 2.16. The molecule has 1 radical (unpaired) electrons. The largest absolute Gasteiger partial charge is 0.310 e. The molecule has 0 aromatic carbocycles. The van der Waals surface area contributed by atoms with E-state index in [2.05, 4.69) is 6.92 Å². The summed E-state index contributed by atoms with van der Waals surface area (Å²) in [6.07, 6.45) is 2.68. The second-order valence-electron chi connectivity index (χ2n) is 2.97. The standard InChI is InChI=1S/C7H16N2/c1-2-9(7-8)5-3-4-6-9/h8H,2-7H2,1H3/q+1. The average molecular weight is 128 g/mol. The van der Waals surface area contributed by atoms with Crippen LogP contribution in [0.4, 0.5) is 0 Å². The van der Waals surface area contributed by atoms with Gasteiger partial charge in [-0.1, -0.05) is 0 Å². The van der Waals surface area contributed by atoms with Crippen molar-refractivity contribution in [2.24, 2.45) is 0 Å². The van der Waals surface area contributed by atoms with E-state index in [1.165, 1.54) is 25.9 Å². The second-order valence-corrected chi connectivity index (χ2v) is 2.97. The SMILES string of the molecule is CC[N+]1(C[NH])CCCC1. The minimum atomic E-state index is 0.594. The highest BCUT2D eigenvalue weighted by Gasteiger charge is 2.27. The summed E-state index contributed by atoms with van der Waals surface area (Å²) in [5.41, 5.74) is 7.32. The Morgan fingerprint density at radius 1 is 1.33 bits per heavy atom. The Morgan fingerprint density at radius 3 is 2.11 bits per heavy atom. The Morgan fingerprint density at radius 2 is 1.89 bits per heavy atom. The van der Waals surface area contributed by atoms with Gasteiger partial charge in [-0.25, -0.2) is 5.73 Å². The number of quaternary nitrogens is 1. The van der Waals surface area contributed by atoms with Gasteiger partial charge in [0.05, 0.1) is 19.6 Å². The van der Waals surface area contributed by atoms with Gasteiger partial charge in [-0.05, 0) is 6.92 Å². The number of rotatable bonds is 2. The van der Waals surface area contributed by atoms with Crippen LogP contribution in [0.1, 0.15) is 19.8 Å². The lowest BCUT2D eigenvalue weighted by molar-refractivity contribution is -0.915. The molecule has 9 heavy (non-hydrogen) atoms. The zero-order valence-corrected chi connectivity index (χ0v) is 6.19. The summed E-state index contributed by atoms with van der Waals surface area (Å²) < 4.78 is 1.06. The van der Waals surface area contributed by atoms with Gasteiger partial charge in [0, 0.05) is 12.8 Å². The summed E-state index contributed by atoms with van der Waals surface area (Å²) in [5.74, 6) is 0. The van der Waals surface area contributed by atoms with Gasteiger partial charge in [-0.3, -0.25) is 0 Å². The van der Waals surface area contributed by atoms with Crippen molar-refractivity contribution in [2.45, 2.75) is 19.8 Å². The molecule has 0 aromatic rings. The summed E-state index contributed by atoms with van der Waals surface area (Å²) in [4.78, 5) is 0. The van der Waals surface area contributed by atoms with E-state index in [1.54, 1.807) is 0 Å². The van der Waals surface area contributed by atoms with Crippen LogP contribution in [0.15, 0.2) is 0 Å². The Kier molecular flexibility index (Phi) is 2.09. The number of likely N-dealkylation sites (tertiary alicyclic amines) is 1. The Balaban J connectivity index is 2.45. The molecule has 0 saturated carbocycles. The normalized spacial score (nSPS) is 24.7. The highest BCUT2D eigenvalue weighted by molar-refractivity contribution is 4.51. The number of nitrogens with one attached hydrogen (secondary N) is 1. The molecule has 1 rings (SSSR count). The van der Waals surface area contributed by atoms with Crippen LogP contribution >= 0.6 is 0 Å². The van der Waals surface area contributed by atoms with E-state index in [0.29, 0.717) is 6.67 Å². The fourth-order valence-corrected chi connectivity index (χ4v) is 1.59. The zero-order chi connectivity index (χ0) is 6.74. The van der Waals surface area contributed by atoms with Crippen LogP contribution in [0.3, 0.4) is 0 Å². The third kappa shape index (κ3) is 1.25. The summed E-state index contributed by atoms with van der Waals surface area (Å²) in [7, 11) is 0. The second kappa shape index (κ2) is 2.67. The molecule has 1 fully saturated rings. The van der Waals surface area contributed by atoms with E-state index in [1.807, 2.05) is 0 Å². The lowest BCUT2D eigenvalue weighted by Crippen LogP contribution is -2.46. The van der Waals surface area contributed by atoms with Crippen molar-refractivity contribution in [1.29, 1.82) is 0 Å². The van der Waals surface area contributed by atoms with Crippen LogP contribution in [-0.4, -0.2) is 30.8 Å². The molecule has 1 saturated heterocycles. The minimum Gasteiger partial charge on any atom is -0.310 e. The van der Waals surface area contributed by atoms with Crippen LogP contribution in [0, 0.1) is 0 Å². The first-order valence-electron chi connectivity index (χ1n) is 3.83. The first kappa shape index (κ1) is 7.03. The monoisotopic (exact) mass is 128 g/mol. The molecule has 1 aliphatic heterocycles. The van der Waals surface area contributed by atoms with Crippen molar-refractivity contribution in [2.75, 3.05) is 26.3 Å². The van der Waals surface area contributed by atoms with Crippen LogP contribution in [0.2, 0.25) is 0 Å². The van der Waals surface area contributed by atoms with Crippen LogP contribution in [0.5, 0.6) is 0 Å².